The number of rotatable bonds is 6. The maximum atomic E-state index is 6.37. The highest BCUT2D eigenvalue weighted by atomic mass is 16.5. The van der Waals surface area contributed by atoms with E-state index in [-0.39, 0.29) is 6.04 Å². The molecule has 0 aliphatic rings. The third-order valence-corrected chi connectivity index (χ3v) is 3.30. The Labute approximate surface area is 125 Å². The molecule has 2 aromatic rings. The van der Waals surface area contributed by atoms with E-state index in [1.807, 2.05) is 49.4 Å². The second-order valence-corrected chi connectivity index (χ2v) is 4.59. The normalized spacial score (nSPS) is 11.8. The minimum absolute atomic E-state index is 0.286. The first-order valence-electron chi connectivity index (χ1n) is 6.89. The van der Waals surface area contributed by atoms with Crippen molar-refractivity contribution < 1.29 is 14.2 Å². The Morgan fingerprint density at radius 3 is 2.48 bits per heavy atom. The van der Waals surface area contributed by atoms with Crippen LogP contribution in [0.25, 0.3) is 0 Å². The van der Waals surface area contributed by atoms with Crippen LogP contribution in [0.2, 0.25) is 0 Å². The number of hydrogen-bond acceptors (Lipinski definition) is 4. The molecule has 0 aromatic heterocycles. The number of benzene rings is 2. The van der Waals surface area contributed by atoms with Gasteiger partial charge in [0.2, 0.25) is 0 Å². The largest absolute Gasteiger partial charge is 0.497 e. The van der Waals surface area contributed by atoms with Gasteiger partial charge in [0, 0.05) is 11.6 Å². The van der Waals surface area contributed by atoms with Crippen molar-refractivity contribution in [3.8, 4) is 17.2 Å². The standard InChI is InChI=1S/C17H21NO3/c1-4-21-14-7-5-6-12(10-14)17(18)15-9-8-13(19-2)11-16(15)20-3/h5-11,17H,4,18H2,1-3H3. The molecule has 2 N–H and O–H groups in total. The maximum absolute atomic E-state index is 6.37. The molecule has 1 atom stereocenters. The highest BCUT2D eigenvalue weighted by Gasteiger charge is 2.15. The fraction of sp³-hybridized carbons (Fsp3) is 0.294. The van der Waals surface area contributed by atoms with Gasteiger partial charge in [0.1, 0.15) is 17.2 Å². The van der Waals surface area contributed by atoms with Gasteiger partial charge in [-0.05, 0) is 36.8 Å². The third-order valence-electron chi connectivity index (χ3n) is 3.30. The summed E-state index contributed by atoms with van der Waals surface area (Å²) in [7, 11) is 3.25. The average Bonchev–Trinajstić information content (AvgIpc) is 2.54. The third kappa shape index (κ3) is 3.47. The SMILES string of the molecule is CCOc1cccc(C(N)c2ccc(OC)cc2OC)c1. The van der Waals surface area contributed by atoms with Gasteiger partial charge >= 0.3 is 0 Å². The molecule has 2 aromatic carbocycles. The van der Waals surface area contributed by atoms with E-state index in [2.05, 4.69) is 0 Å². The zero-order chi connectivity index (χ0) is 15.2. The Morgan fingerprint density at radius 2 is 1.81 bits per heavy atom. The fourth-order valence-electron chi connectivity index (χ4n) is 2.22. The first-order chi connectivity index (χ1) is 10.2. The minimum atomic E-state index is -0.286. The van der Waals surface area contributed by atoms with Crippen LogP contribution in [0.3, 0.4) is 0 Å². The lowest BCUT2D eigenvalue weighted by atomic mass is 9.98. The molecule has 0 radical (unpaired) electrons. The topological polar surface area (TPSA) is 53.7 Å². The van der Waals surface area contributed by atoms with Crippen LogP contribution in [0.5, 0.6) is 17.2 Å². The number of ether oxygens (including phenoxy) is 3. The van der Waals surface area contributed by atoms with Crippen molar-refractivity contribution in [2.75, 3.05) is 20.8 Å². The lowest BCUT2D eigenvalue weighted by Gasteiger charge is -2.17. The summed E-state index contributed by atoms with van der Waals surface area (Å²) in [5, 5.41) is 0. The van der Waals surface area contributed by atoms with Gasteiger partial charge in [-0.25, -0.2) is 0 Å². The molecule has 0 fully saturated rings. The van der Waals surface area contributed by atoms with Crippen LogP contribution in [0.1, 0.15) is 24.1 Å². The Kier molecular flexibility index (Phi) is 5.06. The van der Waals surface area contributed by atoms with Gasteiger partial charge in [0.05, 0.1) is 26.9 Å². The molecule has 0 saturated carbocycles. The number of nitrogens with two attached hydrogens (primary N) is 1. The van der Waals surface area contributed by atoms with Gasteiger partial charge < -0.3 is 19.9 Å². The van der Waals surface area contributed by atoms with Gasteiger partial charge in [-0.1, -0.05) is 12.1 Å². The van der Waals surface area contributed by atoms with Gasteiger partial charge in [0.15, 0.2) is 0 Å². The fourth-order valence-corrected chi connectivity index (χ4v) is 2.22. The van der Waals surface area contributed by atoms with E-state index in [1.54, 1.807) is 14.2 Å². The Bertz CT molecular complexity index is 598. The van der Waals surface area contributed by atoms with Crippen LogP contribution in [-0.4, -0.2) is 20.8 Å². The van der Waals surface area contributed by atoms with E-state index in [0.717, 1.165) is 22.6 Å². The van der Waals surface area contributed by atoms with Gasteiger partial charge in [-0.15, -0.1) is 0 Å². The molecular formula is C17H21NO3. The summed E-state index contributed by atoms with van der Waals surface area (Å²) in [5.74, 6) is 2.27. The monoisotopic (exact) mass is 287 g/mol. The van der Waals surface area contributed by atoms with E-state index in [1.165, 1.54) is 0 Å². The van der Waals surface area contributed by atoms with Crippen LogP contribution < -0.4 is 19.9 Å². The molecule has 0 bridgehead atoms. The Morgan fingerprint density at radius 1 is 1.00 bits per heavy atom. The van der Waals surface area contributed by atoms with E-state index < -0.39 is 0 Å². The van der Waals surface area contributed by atoms with Crippen LogP contribution in [0.4, 0.5) is 0 Å². The van der Waals surface area contributed by atoms with Gasteiger partial charge in [-0.3, -0.25) is 0 Å². The predicted octanol–water partition coefficient (Wildman–Crippen LogP) is 3.15. The summed E-state index contributed by atoms with van der Waals surface area (Å²) in [4.78, 5) is 0. The molecule has 21 heavy (non-hydrogen) atoms. The first kappa shape index (κ1) is 15.2. The summed E-state index contributed by atoms with van der Waals surface area (Å²) in [6, 6.07) is 13.2. The highest BCUT2D eigenvalue weighted by Crippen LogP contribution is 2.32. The van der Waals surface area contributed by atoms with Crippen LogP contribution in [0, 0.1) is 0 Å². The zero-order valence-electron chi connectivity index (χ0n) is 12.6. The lowest BCUT2D eigenvalue weighted by molar-refractivity contribution is 0.339. The summed E-state index contributed by atoms with van der Waals surface area (Å²) in [6.07, 6.45) is 0. The second kappa shape index (κ2) is 6.99. The second-order valence-electron chi connectivity index (χ2n) is 4.59. The molecule has 0 saturated heterocycles. The van der Waals surface area contributed by atoms with Gasteiger partial charge in [-0.2, -0.15) is 0 Å². The molecule has 0 aliphatic heterocycles. The Hall–Kier alpha value is -2.20. The molecule has 0 amide bonds. The molecule has 112 valence electrons. The molecule has 0 aliphatic carbocycles. The summed E-state index contributed by atoms with van der Waals surface area (Å²) in [6.45, 7) is 2.59. The van der Waals surface area contributed by atoms with Crippen molar-refractivity contribution in [2.45, 2.75) is 13.0 Å². The zero-order valence-corrected chi connectivity index (χ0v) is 12.6. The molecule has 4 heteroatoms. The lowest BCUT2D eigenvalue weighted by Crippen LogP contribution is -2.13. The highest BCUT2D eigenvalue weighted by molar-refractivity contribution is 5.46. The van der Waals surface area contributed by atoms with Crippen LogP contribution in [-0.2, 0) is 0 Å². The quantitative estimate of drug-likeness (QED) is 0.886. The summed E-state index contributed by atoms with van der Waals surface area (Å²) in [5.41, 5.74) is 8.26. The minimum Gasteiger partial charge on any atom is -0.497 e. The smallest absolute Gasteiger partial charge is 0.127 e. The molecule has 0 heterocycles. The maximum Gasteiger partial charge on any atom is 0.127 e. The van der Waals surface area contributed by atoms with Crippen molar-refractivity contribution in [3.05, 3.63) is 53.6 Å². The predicted molar refractivity (Wildman–Crippen MR) is 83.2 cm³/mol. The molecular weight excluding hydrogens is 266 g/mol. The van der Waals surface area contributed by atoms with Crippen molar-refractivity contribution in [2.24, 2.45) is 5.73 Å². The Balaban J connectivity index is 2.34. The molecule has 0 spiro atoms. The van der Waals surface area contributed by atoms with Crippen molar-refractivity contribution in [1.29, 1.82) is 0 Å². The van der Waals surface area contributed by atoms with E-state index >= 15 is 0 Å². The molecule has 4 nitrogen and oxygen atoms in total. The van der Waals surface area contributed by atoms with Crippen molar-refractivity contribution >= 4 is 0 Å². The van der Waals surface area contributed by atoms with Crippen molar-refractivity contribution in [1.82, 2.24) is 0 Å². The van der Waals surface area contributed by atoms with E-state index in [0.29, 0.717) is 12.4 Å². The van der Waals surface area contributed by atoms with Crippen LogP contribution in [0.15, 0.2) is 42.5 Å². The molecule has 1 unspecified atom stereocenters. The number of methoxy groups -OCH3 is 2. The van der Waals surface area contributed by atoms with E-state index in [4.69, 9.17) is 19.9 Å². The molecule has 2 rings (SSSR count). The van der Waals surface area contributed by atoms with Crippen LogP contribution >= 0.6 is 0 Å². The number of hydrogen-bond donors (Lipinski definition) is 1. The average molecular weight is 287 g/mol. The first-order valence-corrected chi connectivity index (χ1v) is 6.89. The summed E-state index contributed by atoms with van der Waals surface area (Å²) >= 11 is 0. The van der Waals surface area contributed by atoms with E-state index in [9.17, 15) is 0 Å². The summed E-state index contributed by atoms with van der Waals surface area (Å²) < 4.78 is 16.1. The van der Waals surface area contributed by atoms with Gasteiger partial charge in [0.25, 0.3) is 0 Å². The van der Waals surface area contributed by atoms with Crippen molar-refractivity contribution in [3.63, 3.8) is 0 Å².